The van der Waals surface area contributed by atoms with Crippen LogP contribution in [0.3, 0.4) is 0 Å². The van der Waals surface area contributed by atoms with Crippen molar-refractivity contribution >= 4 is 5.69 Å². The molecule has 2 heterocycles. The minimum Gasteiger partial charge on any atom is -0.486 e. The summed E-state index contributed by atoms with van der Waals surface area (Å²) in [5.41, 5.74) is 1.09. The average Bonchev–Trinajstić information content (AvgIpc) is 2.84. The van der Waals surface area contributed by atoms with Crippen molar-refractivity contribution in [2.24, 2.45) is 0 Å². The van der Waals surface area contributed by atoms with Gasteiger partial charge in [-0.1, -0.05) is 19.1 Å². The number of aryl methyl sites for hydroxylation is 1. The fraction of sp³-hybridized carbons (Fsp3) is 0.429. The maximum Gasteiger partial charge on any atom is 0.235 e. The first-order chi connectivity index (χ1) is 9.26. The molecule has 0 spiro atoms. The molecule has 100 valence electrons. The summed E-state index contributed by atoms with van der Waals surface area (Å²) in [6.07, 6.45) is 1.19. The molecule has 1 unspecified atom stereocenters. The molecule has 0 fully saturated rings. The van der Waals surface area contributed by atoms with Gasteiger partial charge in [-0.25, -0.2) is 0 Å². The molecule has 5 heteroatoms. The third-order valence-electron chi connectivity index (χ3n) is 3.27. The predicted molar refractivity (Wildman–Crippen MR) is 71.2 cm³/mol. The Bertz CT molecular complexity index is 567. The van der Waals surface area contributed by atoms with Crippen molar-refractivity contribution in [1.82, 2.24) is 10.2 Å². The first-order valence-corrected chi connectivity index (χ1v) is 6.56. The van der Waals surface area contributed by atoms with Crippen molar-refractivity contribution in [3.05, 3.63) is 36.0 Å². The molecule has 1 atom stereocenters. The second kappa shape index (κ2) is 4.91. The maximum absolute atomic E-state index is 5.95. The van der Waals surface area contributed by atoms with Crippen molar-refractivity contribution in [3.8, 4) is 5.75 Å². The number of anilines is 1. The van der Waals surface area contributed by atoms with Gasteiger partial charge >= 0.3 is 0 Å². The van der Waals surface area contributed by atoms with Crippen LogP contribution >= 0.6 is 0 Å². The second-order valence-electron chi connectivity index (χ2n) is 4.71. The van der Waals surface area contributed by atoms with E-state index in [0.717, 1.165) is 24.4 Å². The minimum absolute atomic E-state index is 0.207. The van der Waals surface area contributed by atoms with Gasteiger partial charge in [-0.3, -0.25) is 0 Å². The van der Waals surface area contributed by atoms with Gasteiger partial charge in [-0.2, -0.15) is 0 Å². The average molecular weight is 259 g/mol. The van der Waals surface area contributed by atoms with E-state index in [0.29, 0.717) is 18.3 Å². The summed E-state index contributed by atoms with van der Waals surface area (Å²) in [5.74, 6) is 2.17. The Morgan fingerprint density at radius 2 is 2.16 bits per heavy atom. The lowest BCUT2D eigenvalue weighted by Crippen LogP contribution is -2.39. The van der Waals surface area contributed by atoms with Crippen LogP contribution < -0.4 is 9.64 Å². The van der Waals surface area contributed by atoms with Crippen molar-refractivity contribution in [2.45, 2.75) is 32.9 Å². The molecular formula is C14H17N3O2. The zero-order valence-corrected chi connectivity index (χ0v) is 11.2. The molecule has 19 heavy (non-hydrogen) atoms. The van der Waals surface area contributed by atoms with E-state index in [1.54, 1.807) is 6.92 Å². The van der Waals surface area contributed by atoms with E-state index in [4.69, 9.17) is 9.15 Å². The Labute approximate surface area is 112 Å². The summed E-state index contributed by atoms with van der Waals surface area (Å²) in [7, 11) is 0. The van der Waals surface area contributed by atoms with Gasteiger partial charge in [0.25, 0.3) is 0 Å². The Hall–Kier alpha value is -2.04. The molecule has 0 saturated heterocycles. The molecule has 0 radical (unpaired) electrons. The number of ether oxygens (including phenoxy) is 1. The Morgan fingerprint density at radius 3 is 2.89 bits per heavy atom. The number of para-hydroxylation sites is 2. The SMILES string of the molecule is CCC1CN(Cc2nnc(C)o2)c2ccccc2O1. The Balaban J connectivity index is 1.87. The third kappa shape index (κ3) is 2.41. The minimum atomic E-state index is 0.207. The fourth-order valence-electron chi connectivity index (χ4n) is 2.31. The van der Waals surface area contributed by atoms with Crippen LogP contribution in [0.25, 0.3) is 0 Å². The van der Waals surface area contributed by atoms with E-state index in [1.807, 2.05) is 18.2 Å². The van der Waals surface area contributed by atoms with E-state index in [9.17, 15) is 0 Å². The summed E-state index contributed by atoms with van der Waals surface area (Å²) in [5, 5.41) is 7.94. The van der Waals surface area contributed by atoms with Crippen LogP contribution in [0.1, 0.15) is 25.1 Å². The number of hydrogen-bond acceptors (Lipinski definition) is 5. The van der Waals surface area contributed by atoms with Crippen LogP contribution in [0.2, 0.25) is 0 Å². The van der Waals surface area contributed by atoms with Crippen molar-refractivity contribution in [1.29, 1.82) is 0 Å². The van der Waals surface area contributed by atoms with Gasteiger partial charge in [-0.05, 0) is 18.6 Å². The van der Waals surface area contributed by atoms with Gasteiger partial charge in [0.15, 0.2) is 0 Å². The summed E-state index contributed by atoms with van der Waals surface area (Å²) >= 11 is 0. The first kappa shape index (κ1) is 12.0. The van der Waals surface area contributed by atoms with Crippen molar-refractivity contribution in [2.75, 3.05) is 11.4 Å². The Kier molecular flexibility index (Phi) is 3.11. The van der Waals surface area contributed by atoms with Crippen molar-refractivity contribution < 1.29 is 9.15 Å². The van der Waals surface area contributed by atoms with Crippen LogP contribution in [0, 0.1) is 6.92 Å². The molecule has 0 aliphatic carbocycles. The highest BCUT2D eigenvalue weighted by atomic mass is 16.5. The Morgan fingerprint density at radius 1 is 1.32 bits per heavy atom. The van der Waals surface area contributed by atoms with Crippen molar-refractivity contribution in [3.63, 3.8) is 0 Å². The fourth-order valence-corrected chi connectivity index (χ4v) is 2.31. The highest BCUT2D eigenvalue weighted by Gasteiger charge is 2.25. The molecule has 1 aliphatic heterocycles. The lowest BCUT2D eigenvalue weighted by molar-refractivity contribution is 0.187. The molecule has 5 nitrogen and oxygen atoms in total. The van der Waals surface area contributed by atoms with E-state index < -0.39 is 0 Å². The molecule has 0 amide bonds. The molecule has 2 aromatic rings. The normalized spacial score (nSPS) is 18.0. The van der Waals surface area contributed by atoms with Crippen LogP contribution in [0.15, 0.2) is 28.7 Å². The summed E-state index contributed by atoms with van der Waals surface area (Å²) in [6.45, 7) is 5.40. The molecule has 3 rings (SSSR count). The maximum atomic E-state index is 5.95. The topological polar surface area (TPSA) is 51.4 Å². The lowest BCUT2D eigenvalue weighted by Gasteiger charge is -2.35. The van der Waals surface area contributed by atoms with Gasteiger partial charge in [0.05, 0.1) is 18.8 Å². The standard InChI is InChI=1S/C14H17N3O2/c1-3-11-8-17(9-14-16-15-10(2)18-14)12-6-4-5-7-13(12)19-11/h4-7,11H,3,8-9H2,1-2H3. The van der Waals surface area contributed by atoms with Crippen LogP contribution in [0.5, 0.6) is 5.75 Å². The van der Waals surface area contributed by atoms with E-state index in [-0.39, 0.29) is 6.10 Å². The molecular weight excluding hydrogens is 242 g/mol. The first-order valence-electron chi connectivity index (χ1n) is 6.56. The van der Waals surface area contributed by atoms with E-state index >= 15 is 0 Å². The molecule has 1 aromatic carbocycles. The summed E-state index contributed by atoms with van der Waals surface area (Å²) < 4.78 is 11.4. The zero-order valence-electron chi connectivity index (χ0n) is 11.2. The number of benzene rings is 1. The highest BCUT2D eigenvalue weighted by Crippen LogP contribution is 2.34. The zero-order chi connectivity index (χ0) is 13.2. The van der Waals surface area contributed by atoms with Crippen LogP contribution in [-0.2, 0) is 6.54 Å². The molecule has 0 bridgehead atoms. The van der Waals surface area contributed by atoms with E-state index in [1.165, 1.54) is 0 Å². The predicted octanol–water partition coefficient (Wildman–Crippen LogP) is 2.56. The second-order valence-corrected chi connectivity index (χ2v) is 4.71. The summed E-state index contributed by atoms with van der Waals surface area (Å²) in [4.78, 5) is 2.24. The number of aromatic nitrogens is 2. The largest absolute Gasteiger partial charge is 0.486 e. The molecule has 0 saturated carbocycles. The van der Waals surface area contributed by atoms with E-state index in [2.05, 4.69) is 28.1 Å². The van der Waals surface area contributed by atoms with Gasteiger partial charge < -0.3 is 14.1 Å². The monoisotopic (exact) mass is 259 g/mol. The van der Waals surface area contributed by atoms with Crippen LogP contribution in [-0.4, -0.2) is 22.8 Å². The number of rotatable bonds is 3. The number of hydrogen-bond donors (Lipinski definition) is 0. The third-order valence-corrected chi connectivity index (χ3v) is 3.27. The van der Waals surface area contributed by atoms with Crippen LogP contribution in [0.4, 0.5) is 5.69 Å². The highest BCUT2D eigenvalue weighted by molar-refractivity contribution is 5.59. The molecule has 1 aliphatic rings. The number of fused-ring (bicyclic) bond motifs is 1. The molecule has 1 aromatic heterocycles. The van der Waals surface area contributed by atoms with Gasteiger partial charge in [0.1, 0.15) is 11.9 Å². The van der Waals surface area contributed by atoms with Gasteiger partial charge in [0.2, 0.25) is 11.8 Å². The summed E-state index contributed by atoms with van der Waals surface area (Å²) in [6, 6.07) is 8.07. The smallest absolute Gasteiger partial charge is 0.235 e. The number of nitrogens with zero attached hydrogens (tertiary/aromatic N) is 3. The quantitative estimate of drug-likeness (QED) is 0.848. The molecule has 0 N–H and O–H groups in total. The van der Waals surface area contributed by atoms with Gasteiger partial charge in [0, 0.05) is 6.92 Å². The lowest BCUT2D eigenvalue weighted by atomic mass is 10.1. The van der Waals surface area contributed by atoms with Gasteiger partial charge in [-0.15, -0.1) is 10.2 Å².